The van der Waals surface area contributed by atoms with Crippen molar-refractivity contribution in [3.05, 3.63) is 53.6 Å². The highest BCUT2D eigenvalue weighted by atomic mass is 19.2. The van der Waals surface area contributed by atoms with Crippen LogP contribution in [0, 0.1) is 11.6 Å². The molecule has 0 aromatic heterocycles. The lowest BCUT2D eigenvalue weighted by Crippen LogP contribution is -2.39. The molecule has 0 aliphatic carbocycles. The van der Waals surface area contributed by atoms with Gasteiger partial charge in [0.2, 0.25) is 0 Å². The van der Waals surface area contributed by atoms with Crippen LogP contribution in [-0.2, 0) is 10.6 Å². The van der Waals surface area contributed by atoms with E-state index in [0.29, 0.717) is 11.3 Å². The molecule has 1 atom stereocenters. The summed E-state index contributed by atoms with van der Waals surface area (Å²) in [5.41, 5.74) is 1.47. The van der Waals surface area contributed by atoms with Crippen LogP contribution in [0.2, 0.25) is 0 Å². The summed E-state index contributed by atoms with van der Waals surface area (Å²) in [7, 11) is 1.42. The normalized spacial score (nSPS) is 19.4. The van der Waals surface area contributed by atoms with Gasteiger partial charge in [-0.15, -0.1) is 0 Å². The Hall–Kier alpha value is -2.67. The van der Waals surface area contributed by atoms with Gasteiger partial charge in [0.05, 0.1) is 11.9 Å². The molecule has 114 valence electrons. The summed E-state index contributed by atoms with van der Waals surface area (Å²) in [6.07, 6.45) is 1.43. The Morgan fingerprint density at radius 3 is 2.73 bits per heavy atom. The molecule has 22 heavy (non-hydrogen) atoms. The fourth-order valence-electron chi connectivity index (χ4n) is 2.28. The molecule has 3 rings (SSSR count). The molecule has 0 amide bonds. The van der Waals surface area contributed by atoms with E-state index in [1.807, 2.05) is 0 Å². The molecule has 1 heterocycles. The van der Waals surface area contributed by atoms with Gasteiger partial charge in [-0.3, -0.25) is 0 Å². The van der Waals surface area contributed by atoms with E-state index < -0.39 is 17.5 Å². The second kappa shape index (κ2) is 5.27. The van der Waals surface area contributed by atoms with E-state index in [1.165, 1.54) is 31.6 Å². The minimum atomic E-state index is -1.36. The highest BCUT2D eigenvalue weighted by molar-refractivity contribution is 5.82. The van der Waals surface area contributed by atoms with Crippen molar-refractivity contribution in [1.82, 2.24) is 0 Å². The first-order valence-electron chi connectivity index (χ1n) is 6.46. The zero-order valence-electron chi connectivity index (χ0n) is 11.6. The first kappa shape index (κ1) is 14.3. The summed E-state index contributed by atoms with van der Waals surface area (Å²) in [6, 6.07) is 8.05. The number of nitrogens with one attached hydrogen (secondary N) is 2. The Morgan fingerprint density at radius 1 is 1.18 bits per heavy atom. The summed E-state index contributed by atoms with van der Waals surface area (Å²) >= 11 is 0. The average Bonchev–Trinajstić information content (AvgIpc) is 2.51. The fraction of sp³-hybridized carbons (Fsp3) is 0.133. The molecule has 7 heteroatoms. The van der Waals surface area contributed by atoms with E-state index in [-0.39, 0.29) is 11.4 Å². The fourth-order valence-corrected chi connectivity index (χ4v) is 2.28. The van der Waals surface area contributed by atoms with E-state index in [4.69, 9.17) is 4.74 Å². The van der Waals surface area contributed by atoms with Crippen molar-refractivity contribution in [1.29, 1.82) is 0 Å². The summed E-state index contributed by atoms with van der Waals surface area (Å²) in [5.74, 6) is -3.25. The predicted octanol–water partition coefficient (Wildman–Crippen LogP) is 2.99. The second-order valence-electron chi connectivity index (χ2n) is 4.73. The third-order valence-corrected chi connectivity index (χ3v) is 3.36. The number of aliphatic imine (C=N–C) groups is 1. The number of fused-ring (bicyclic) bond motifs is 1. The number of anilines is 2. The Balaban J connectivity index is 2.05. The van der Waals surface area contributed by atoms with Crippen molar-refractivity contribution >= 4 is 17.7 Å². The number of benzene rings is 2. The van der Waals surface area contributed by atoms with Crippen molar-refractivity contribution in [2.24, 2.45) is 4.99 Å². The minimum Gasteiger partial charge on any atom is -0.508 e. The van der Waals surface area contributed by atoms with Crippen molar-refractivity contribution in [2.45, 2.75) is 5.85 Å². The molecule has 0 saturated carbocycles. The molecule has 0 fully saturated rings. The van der Waals surface area contributed by atoms with Crippen LogP contribution in [0.15, 0.2) is 41.4 Å². The third kappa shape index (κ3) is 2.35. The molecule has 1 unspecified atom stereocenters. The molecule has 2 aromatic carbocycles. The van der Waals surface area contributed by atoms with Crippen molar-refractivity contribution in [3.8, 4) is 5.75 Å². The van der Waals surface area contributed by atoms with Crippen molar-refractivity contribution in [2.75, 3.05) is 17.7 Å². The molecule has 1 aliphatic heterocycles. The summed E-state index contributed by atoms with van der Waals surface area (Å²) in [4.78, 5) is 4.21. The van der Waals surface area contributed by atoms with Crippen LogP contribution >= 0.6 is 0 Å². The highest BCUT2D eigenvalue weighted by Gasteiger charge is 2.36. The lowest BCUT2D eigenvalue weighted by Gasteiger charge is -2.34. The molecule has 2 aromatic rings. The van der Waals surface area contributed by atoms with Crippen LogP contribution in [0.4, 0.5) is 20.2 Å². The number of phenols is 1. The maximum absolute atomic E-state index is 13.4. The van der Waals surface area contributed by atoms with E-state index in [0.717, 1.165) is 12.1 Å². The van der Waals surface area contributed by atoms with Crippen molar-refractivity contribution in [3.63, 3.8) is 0 Å². The molecular weight excluding hydrogens is 292 g/mol. The third-order valence-electron chi connectivity index (χ3n) is 3.36. The van der Waals surface area contributed by atoms with Crippen LogP contribution in [-0.4, -0.2) is 18.6 Å². The van der Waals surface area contributed by atoms with Crippen LogP contribution in [0.1, 0.15) is 5.56 Å². The van der Waals surface area contributed by atoms with Gasteiger partial charge in [-0.2, -0.15) is 0 Å². The maximum Gasteiger partial charge on any atom is 0.268 e. The van der Waals surface area contributed by atoms with E-state index >= 15 is 0 Å². The number of aromatic hydroxyl groups is 1. The summed E-state index contributed by atoms with van der Waals surface area (Å²) in [6.45, 7) is 0. The van der Waals surface area contributed by atoms with Gasteiger partial charge < -0.3 is 20.5 Å². The number of hydrogen-bond acceptors (Lipinski definition) is 5. The predicted molar refractivity (Wildman–Crippen MR) is 78.9 cm³/mol. The number of nitrogens with zero attached hydrogens (tertiary/aromatic N) is 1. The van der Waals surface area contributed by atoms with Gasteiger partial charge in [-0.1, -0.05) is 0 Å². The molecule has 0 radical (unpaired) electrons. The quantitative estimate of drug-likeness (QED) is 0.602. The largest absolute Gasteiger partial charge is 0.508 e. The van der Waals surface area contributed by atoms with Crippen LogP contribution < -0.4 is 10.6 Å². The molecular formula is C15H13F2N3O2. The SMILES string of the molecule is COC1(Nc2ccc(F)c(F)c2)N=CNc2ccc(O)cc21. The monoisotopic (exact) mass is 305 g/mol. The van der Waals surface area contributed by atoms with Crippen LogP contribution in [0.3, 0.4) is 0 Å². The van der Waals surface area contributed by atoms with Crippen molar-refractivity contribution < 1.29 is 18.6 Å². The van der Waals surface area contributed by atoms with E-state index in [1.54, 1.807) is 6.07 Å². The number of methoxy groups -OCH3 is 1. The Bertz CT molecular complexity index is 752. The van der Waals surface area contributed by atoms with Gasteiger partial charge in [0.1, 0.15) is 5.75 Å². The summed E-state index contributed by atoms with van der Waals surface area (Å²) < 4.78 is 31.9. The molecule has 0 bridgehead atoms. The number of rotatable bonds is 3. The first-order chi connectivity index (χ1) is 10.5. The van der Waals surface area contributed by atoms with Gasteiger partial charge in [0.25, 0.3) is 5.85 Å². The van der Waals surface area contributed by atoms with E-state index in [9.17, 15) is 13.9 Å². The minimum absolute atomic E-state index is 0.0335. The van der Waals surface area contributed by atoms with Gasteiger partial charge in [-0.05, 0) is 30.3 Å². The number of halogens is 2. The maximum atomic E-state index is 13.4. The lowest BCUT2D eigenvalue weighted by molar-refractivity contribution is 0.0189. The molecule has 1 aliphatic rings. The number of hydrogen-bond donors (Lipinski definition) is 3. The lowest BCUT2D eigenvalue weighted by atomic mass is 10.1. The summed E-state index contributed by atoms with van der Waals surface area (Å²) in [5, 5.41) is 15.5. The molecule has 0 saturated heterocycles. The number of ether oxygens (including phenoxy) is 1. The van der Waals surface area contributed by atoms with E-state index in [2.05, 4.69) is 15.6 Å². The first-order valence-corrected chi connectivity index (χ1v) is 6.46. The Morgan fingerprint density at radius 2 is 2.00 bits per heavy atom. The smallest absolute Gasteiger partial charge is 0.268 e. The zero-order chi connectivity index (χ0) is 15.7. The molecule has 3 N–H and O–H groups in total. The van der Waals surface area contributed by atoms with Gasteiger partial charge in [-0.25, -0.2) is 13.8 Å². The second-order valence-corrected chi connectivity index (χ2v) is 4.73. The number of phenolic OH excluding ortho intramolecular Hbond substituents is 1. The van der Waals surface area contributed by atoms with Crippen LogP contribution in [0.25, 0.3) is 0 Å². The Labute approximate surface area is 125 Å². The van der Waals surface area contributed by atoms with Crippen LogP contribution in [0.5, 0.6) is 5.75 Å². The Kier molecular flexibility index (Phi) is 3.42. The molecule has 0 spiro atoms. The van der Waals surface area contributed by atoms with Gasteiger partial charge in [0.15, 0.2) is 11.6 Å². The standard InChI is InChI=1S/C15H13F2N3O2/c1-22-15(20-9-2-4-12(16)13(17)6-9)11-7-10(21)3-5-14(11)18-8-19-15/h2-8,20-21H,1H3,(H,18,19). The zero-order valence-corrected chi connectivity index (χ0v) is 11.6. The van der Waals surface area contributed by atoms with Gasteiger partial charge >= 0.3 is 0 Å². The van der Waals surface area contributed by atoms with Gasteiger partial charge in [0, 0.05) is 24.6 Å². The average molecular weight is 305 g/mol. The molecule has 5 nitrogen and oxygen atoms in total. The topological polar surface area (TPSA) is 65.9 Å². The highest BCUT2D eigenvalue weighted by Crippen LogP contribution is 2.37.